The van der Waals surface area contributed by atoms with Gasteiger partial charge >= 0.3 is 0 Å². The van der Waals surface area contributed by atoms with E-state index in [1.165, 1.54) is 4.80 Å². The minimum atomic E-state index is -0.549. The van der Waals surface area contributed by atoms with Gasteiger partial charge in [-0.3, -0.25) is 4.79 Å². The number of halogens is 1. The van der Waals surface area contributed by atoms with Crippen molar-refractivity contribution in [1.29, 1.82) is 0 Å². The van der Waals surface area contributed by atoms with E-state index >= 15 is 0 Å². The summed E-state index contributed by atoms with van der Waals surface area (Å²) in [6.45, 7) is 1.91. The third kappa shape index (κ3) is 4.43. The molecule has 1 atom stereocenters. The Morgan fingerprint density at radius 3 is 2.41 bits per heavy atom. The molecule has 0 saturated heterocycles. The summed E-state index contributed by atoms with van der Waals surface area (Å²) in [5, 5.41) is 16.0. The smallest absolute Gasteiger partial charge is 0.251 e. The van der Waals surface area contributed by atoms with Gasteiger partial charge in [-0.2, -0.15) is 4.80 Å². The van der Waals surface area contributed by atoms with E-state index in [2.05, 4.69) is 20.7 Å². The standard InChI is InChI=1S/C19H21ClN6O/c1-4-17(19(27)21-15-9-11-16(12-10-15)25(2)3)26-23-18(22-24-26)13-5-7-14(20)8-6-13/h5-12,17H,4H2,1-3H3,(H,21,27). The lowest BCUT2D eigenvalue weighted by Gasteiger charge is -2.15. The van der Waals surface area contributed by atoms with E-state index in [4.69, 9.17) is 11.6 Å². The fourth-order valence-corrected chi connectivity index (χ4v) is 2.72. The average Bonchev–Trinajstić information content (AvgIpc) is 3.13. The molecule has 0 aliphatic heterocycles. The molecule has 0 spiro atoms. The average molecular weight is 385 g/mol. The van der Waals surface area contributed by atoms with Crippen LogP contribution in [0.1, 0.15) is 19.4 Å². The normalized spacial score (nSPS) is 11.9. The summed E-state index contributed by atoms with van der Waals surface area (Å²) >= 11 is 5.91. The van der Waals surface area contributed by atoms with Gasteiger partial charge in [0, 0.05) is 36.1 Å². The zero-order chi connectivity index (χ0) is 19.4. The Labute approximate surface area is 162 Å². The Balaban J connectivity index is 1.74. The van der Waals surface area contributed by atoms with Gasteiger partial charge in [0.2, 0.25) is 5.82 Å². The first-order chi connectivity index (χ1) is 13.0. The van der Waals surface area contributed by atoms with Crippen LogP contribution in [0.2, 0.25) is 5.02 Å². The Kier molecular flexibility index (Phi) is 5.71. The zero-order valence-corrected chi connectivity index (χ0v) is 16.2. The maximum absolute atomic E-state index is 12.7. The minimum absolute atomic E-state index is 0.185. The maximum Gasteiger partial charge on any atom is 0.251 e. The molecule has 1 amide bonds. The number of hydrogen-bond donors (Lipinski definition) is 1. The van der Waals surface area contributed by atoms with E-state index in [1.54, 1.807) is 12.1 Å². The van der Waals surface area contributed by atoms with Gasteiger partial charge in [-0.15, -0.1) is 10.2 Å². The molecule has 8 heteroatoms. The molecule has 1 heterocycles. The van der Waals surface area contributed by atoms with Crippen LogP contribution in [0.25, 0.3) is 11.4 Å². The minimum Gasteiger partial charge on any atom is -0.378 e. The molecule has 3 rings (SSSR count). The third-order valence-electron chi connectivity index (χ3n) is 4.15. The number of nitrogens with zero attached hydrogens (tertiary/aromatic N) is 5. The highest BCUT2D eigenvalue weighted by Crippen LogP contribution is 2.20. The van der Waals surface area contributed by atoms with Gasteiger partial charge in [0.15, 0.2) is 6.04 Å². The SMILES string of the molecule is CCC(C(=O)Nc1ccc(N(C)C)cc1)n1nnc(-c2ccc(Cl)cc2)n1. The van der Waals surface area contributed by atoms with Crippen molar-refractivity contribution >= 4 is 28.9 Å². The first-order valence-electron chi connectivity index (χ1n) is 8.61. The molecule has 140 valence electrons. The van der Waals surface area contributed by atoms with Crippen LogP contribution in [0.5, 0.6) is 0 Å². The number of carbonyl (C=O) groups is 1. The molecule has 0 radical (unpaired) electrons. The molecule has 27 heavy (non-hydrogen) atoms. The van der Waals surface area contributed by atoms with Crippen LogP contribution in [0.4, 0.5) is 11.4 Å². The van der Waals surface area contributed by atoms with E-state index in [9.17, 15) is 4.79 Å². The van der Waals surface area contributed by atoms with Gasteiger partial charge in [0.1, 0.15) is 0 Å². The largest absolute Gasteiger partial charge is 0.378 e. The van der Waals surface area contributed by atoms with Crippen LogP contribution in [0.15, 0.2) is 48.5 Å². The first kappa shape index (κ1) is 18.8. The van der Waals surface area contributed by atoms with Crippen molar-refractivity contribution in [2.24, 2.45) is 0 Å². The second kappa shape index (κ2) is 8.18. The highest BCUT2D eigenvalue weighted by atomic mass is 35.5. The predicted octanol–water partition coefficient (Wildman–Crippen LogP) is 3.65. The van der Waals surface area contributed by atoms with Gasteiger partial charge in [-0.1, -0.05) is 18.5 Å². The van der Waals surface area contributed by atoms with Crippen molar-refractivity contribution in [3.05, 3.63) is 53.6 Å². The Bertz CT molecular complexity index is 905. The topological polar surface area (TPSA) is 75.9 Å². The summed E-state index contributed by atoms with van der Waals surface area (Å²) in [7, 11) is 3.94. The highest BCUT2D eigenvalue weighted by molar-refractivity contribution is 6.30. The lowest BCUT2D eigenvalue weighted by molar-refractivity contribution is -0.119. The van der Waals surface area contributed by atoms with Crippen LogP contribution in [-0.4, -0.2) is 40.2 Å². The predicted molar refractivity (Wildman–Crippen MR) is 107 cm³/mol. The summed E-state index contributed by atoms with van der Waals surface area (Å²) in [4.78, 5) is 16.0. The number of rotatable bonds is 6. The van der Waals surface area contributed by atoms with Gasteiger partial charge < -0.3 is 10.2 Å². The molecule has 0 aliphatic rings. The summed E-state index contributed by atoms with van der Waals surface area (Å²) in [5.74, 6) is 0.267. The molecule has 1 N–H and O–H groups in total. The second-order valence-electron chi connectivity index (χ2n) is 6.29. The molecule has 1 unspecified atom stereocenters. The Morgan fingerprint density at radius 2 is 1.81 bits per heavy atom. The van der Waals surface area contributed by atoms with E-state index in [-0.39, 0.29) is 5.91 Å². The lowest BCUT2D eigenvalue weighted by atomic mass is 10.2. The fourth-order valence-electron chi connectivity index (χ4n) is 2.59. The Morgan fingerprint density at radius 1 is 1.15 bits per heavy atom. The van der Waals surface area contributed by atoms with Crippen LogP contribution in [0, 0.1) is 0 Å². The number of tetrazole rings is 1. The molecule has 7 nitrogen and oxygen atoms in total. The summed E-state index contributed by atoms with van der Waals surface area (Å²) in [6.07, 6.45) is 0.540. The maximum atomic E-state index is 12.7. The molecule has 2 aromatic carbocycles. The summed E-state index contributed by atoms with van der Waals surface area (Å²) < 4.78 is 0. The lowest BCUT2D eigenvalue weighted by Crippen LogP contribution is -2.27. The molecule has 0 bridgehead atoms. The van der Waals surface area contributed by atoms with E-state index < -0.39 is 6.04 Å². The van der Waals surface area contributed by atoms with Gasteiger partial charge in [0.05, 0.1) is 0 Å². The molecule has 0 aliphatic carbocycles. The quantitative estimate of drug-likeness (QED) is 0.702. The van der Waals surface area contributed by atoms with Crippen molar-refractivity contribution in [2.75, 3.05) is 24.3 Å². The van der Waals surface area contributed by atoms with E-state index in [0.717, 1.165) is 16.9 Å². The number of anilines is 2. The van der Waals surface area contributed by atoms with Crippen molar-refractivity contribution in [2.45, 2.75) is 19.4 Å². The van der Waals surface area contributed by atoms with Gasteiger partial charge in [-0.25, -0.2) is 0 Å². The molecular weight excluding hydrogens is 364 g/mol. The number of benzene rings is 2. The van der Waals surface area contributed by atoms with Gasteiger partial charge in [0.25, 0.3) is 5.91 Å². The van der Waals surface area contributed by atoms with Crippen molar-refractivity contribution in [1.82, 2.24) is 20.2 Å². The molecule has 0 fully saturated rings. The van der Waals surface area contributed by atoms with Crippen LogP contribution < -0.4 is 10.2 Å². The van der Waals surface area contributed by atoms with Crippen molar-refractivity contribution in [3.63, 3.8) is 0 Å². The second-order valence-corrected chi connectivity index (χ2v) is 6.73. The van der Waals surface area contributed by atoms with Crippen molar-refractivity contribution < 1.29 is 4.79 Å². The number of carbonyl (C=O) groups excluding carboxylic acids is 1. The third-order valence-corrected chi connectivity index (χ3v) is 4.40. The number of aromatic nitrogens is 4. The van der Waals surface area contributed by atoms with Crippen LogP contribution in [-0.2, 0) is 4.79 Å². The zero-order valence-electron chi connectivity index (χ0n) is 15.4. The van der Waals surface area contributed by atoms with E-state index in [0.29, 0.717) is 17.3 Å². The van der Waals surface area contributed by atoms with Crippen LogP contribution in [0.3, 0.4) is 0 Å². The number of hydrogen-bond acceptors (Lipinski definition) is 5. The highest BCUT2D eigenvalue weighted by Gasteiger charge is 2.22. The van der Waals surface area contributed by atoms with Gasteiger partial charge in [-0.05, 0) is 60.2 Å². The van der Waals surface area contributed by atoms with E-state index in [1.807, 2.05) is 62.3 Å². The number of nitrogens with one attached hydrogen (secondary N) is 1. The molecular formula is C19H21ClN6O. The fraction of sp³-hybridized carbons (Fsp3) is 0.263. The molecule has 1 aromatic heterocycles. The molecule has 0 saturated carbocycles. The summed E-state index contributed by atoms with van der Waals surface area (Å²) in [5.41, 5.74) is 2.58. The Hall–Kier alpha value is -2.93. The number of amides is 1. The summed E-state index contributed by atoms with van der Waals surface area (Å²) in [6, 6.07) is 14.2. The van der Waals surface area contributed by atoms with Crippen LogP contribution >= 0.6 is 11.6 Å². The van der Waals surface area contributed by atoms with Crippen molar-refractivity contribution in [3.8, 4) is 11.4 Å². The first-order valence-corrected chi connectivity index (χ1v) is 8.99. The molecule has 3 aromatic rings. The monoisotopic (exact) mass is 384 g/mol.